The minimum absolute atomic E-state index is 0.210. The number of amides is 1. The van der Waals surface area contributed by atoms with Crippen LogP contribution in [0.2, 0.25) is 0 Å². The van der Waals surface area contributed by atoms with Crippen LogP contribution in [0, 0.1) is 23.7 Å². The van der Waals surface area contributed by atoms with E-state index >= 15 is 0 Å². The van der Waals surface area contributed by atoms with Crippen LogP contribution in [0.25, 0.3) is 0 Å². The Hall–Kier alpha value is -1.05. The zero-order chi connectivity index (χ0) is 14.0. The molecule has 1 unspecified atom stereocenters. The van der Waals surface area contributed by atoms with E-state index < -0.39 is 0 Å². The number of ether oxygens (including phenoxy) is 1. The topological polar surface area (TPSA) is 32.8 Å². The average molecular weight is 276 g/mol. The maximum atomic E-state index is 12.6. The Labute approximate surface area is 121 Å². The van der Waals surface area contributed by atoms with Gasteiger partial charge in [0.1, 0.15) is 0 Å². The van der Waals surface area contributed by atoms with E-state index in [2.05, 4.69) is 15.7 Å². The van der Waals surface area contributed by atoms with Gasteiger partial charge in [0, 0.05) is 31.0 Å². The van der Waals surface area contributed by atoms with Crippen LogP contribution < -0.4 is 0 Å². The van der Waals surface area contributed by atoms with Crippen LogP contribution in [0.5, 0.6) is 0 Å². The van der Waals surface area contributed by atoms with Crippen LogP contribution >= 0.6 is 0 Å². The number of nitrogens with zero attached hydrogens (tertiary/aromatic N) is 2. The van der Waals surface area contributed by atoms with Gasteiger partial charge in [-0.05, 0) is 38.8 Å². The molecule has 3 aliphatic rings. The van der Waals surface area contributed by atoms with Gasteiger partial charge in [-0.25, -0.2) is 0 Å². The van der Waals surface area contributed by atoms with Gasteiger partial charge >= 0.3 is 0 Å². The average Bonchev–Trinajstić information content (AvgIpc) is 3.10. The summed E-state index contributed by atoms with van der Waals surface area (Å²) in [5.41, 5.74) is 0.278. The number of terminal acetylenes is 1. The number of hydrogen-bond acceptors (Lipinski definition) is 3. The van der Waals surface area contributed by atoms with Crippen molar-refractivity contribution in [2.24, 2.45) is 11.3 Å². The molecule has 0 aromatic rings. The Bertz CT molecular complexity index is 401. The standard InChI is InChI=1S/C16H24N2O2/c1-2-7-17-8-3-14(4-9-17)15(19)18-10-5-16(12-18)6-11-20-13-16/h1,14H,3-13H2. The summed E-state index contributed by atoms with van der Waals surface area (Å²) in [6.45, 7) is 6.18. The number of likely N-dealkylation sites (tertiary alicyclic amines) is 2. The Balaban J connectivity index is 1.52. The smallest absolute Gasteiger partial charge is 0.225 e. The van der Waals surface area contributed by atoms with Crippen LogP contribution in [-0.4, -0.2) is 61.6 Å². The van der Waals surface area contributed by atoms with Crippen molar-refractivity contribution in [1.29, 1.82) is 0 Å². The van der Waals surface area contributed by atoms with E-state index in [1.807, 2.05) is 0 Å². The predicted molar refractivity (Wildman–Crippen MR) is 77.1 cm³/mol. The lowest BCUT2D eigenvalue weighted by Gasteiger charge is -2.32. The molecule has 1 atom stereocenters. The van der Waals surface area contributed by atoms with Crippen molar-refractivity contribution in [3.8, 4) is 12.3 Å². The van der Waals surface area contributed by atoms with Gasteiger partial charge < -0.3 is 9.64 Å². The molecule has 3 fully saturated rings. The van der Waals surface area contributed by atoms with Gasteiger partial charge in [-0.2, -0.15) is 0 Å². The van der Waals surface area contributed by atoms with Crippen molar-refractivity contribution in [3.05, 3.63) is 0 Å². The third kappa shape index (κ3) is 2.70. The number of carbonyl (C=O) groups is 1. The highest BCUT2D eigenvalue weighted by Crippen LogP contribution is 2.39. The molecule has 0 aliphatic carbocycles. The summed E-state index contributed by atoms with van der Waals surface area (Å²) in [6, 6.07) is 0. The highest BCUT2D eigenvalue weighted by atomic mass is 16.5. The first-order valence-electron chi connectivity index (χ1n) is 7.75. The lowest BCUT2D eigenvalue weighted by Crippen LogP contribution is -2.42. The molecular weight excluding hydrogens is 252 g/mol. The Morgan fingerprint density at radius 1 is 1.30 bits per heavy atom. The molecule has 4 heteroatoms. The number of carbonyl (C=O) groups excluding carboxylic acids is 1. The third-order valence-corrected chi connectivity index (χ3v) is 5.19. The van der Waals surface area contributed by atoms with Gasteiger partial charge in [-0.1, -0.05) is 5.92 Å². The third-order valence-electron chi connectivity index (χ3n) is 5.19. The second-order valence-electron chi connectivity index (χ2n) is 6.57. The van der Waals surface area contributed by atoms with Crippen molar-refractivity contribution < 1.29 is 9.53 Å². The van der Waals surface area contributed by atoms with E-state index in [0.717, 1.165) is 65.1 Å². The lowest BCUT2D eigenvalue weighted by molar-refractivity contribution is -0.136. The molecule has 0 radical (unpaired) electrons. The van der Waals surface area contributed by atoms with Crippen molar-refractivity contribution in [2.75, 3.05) is 45.9 Å². The summed E-state index contributed by atoms with van der Waals surface area (Å²) in [6.07, 6.45) is 9.50. The van der Waals surface area contributed by atoms with Gasteiger partial charge in [0.05, 0.1) is 13.2 Å². The summed E-state index contributed by atoms with van der Waals surface area (Å²) in [5.74, 6) is 3.27. The number of hydrogen-bond donors (Lipinski definition) is 0. The van der Waals surface area contributed by atoms with Crippen LogP contribution in [0.3, 0.4) is 0 Å². The summed E-state index contributed by atoms with van der Waals surface area (Å²) < 4.78 is 5.53. The van der Waals surface area contributed by atoms with Crippen molar-refractivity contribution in [3.63, 3.8) is 0 Å². The van der Waals surface area contributed by atoms with Crippen molar-refractivity contribution in [1.82, 2.24) is 9.80 Å². The first-order valence-corrected chi connectivity index (χ1v) is 7.75. The molecule has 1 spiro atoms. The summed E-state index contributed by atoms with van der Waals surface area (Å²) in [5, 5.41) is 0. The van der Waals surface area contributed by atoms with E-state index in [1.165, 1.54) is 0 Å². The monoisotopic (exact) mass is 276 g/mol. The minimum atomic E-state index is 0.210. The number of rotatable bonds is 2. The molecule has 0 aromatic heterocycles. The first kappa shape index (κ1) is 13.9. The van der Waals surface area contributed by atoms with Gasteiger partial charge in [0.25, 0.3) is 0 Å². The van der Waals surface area contributed by atoms with Gasteiger partial charge in [0.2, 0.25) is 5.91 Å². The van der Waals surface area contributed by atoms with E-state index in [1.54, 1.807) is 0 Å². The summed E-state index contributed by atoms with van der Waals surface area (Å²) >= 11 is 0. The van der Waals surface area contributed by atoms with Crippen LogP contribution in [-0.2, 0) is 9.53 Å². The van der Waals surface area contributed by atoms with Crippen LogP contribution in [0.1, 0.15) is 25.7 Å². The Morgan fingerprint density at radius 2 is 2.10 bits per heavy atom. The molecular formula is C16H24N2O2. The first-order chi connectivity index (χ1) is 9.72. The van der Waals surface area contributed by atoms with E-state index in [4.69, 9.17) is 11.2 Å². The zero-order valence-electron chi connectivity index (χ0n) is 12.1. The lowest BCUT2D eigenvalue weighted by atomic mass is 9.87. The predicted octanol–water partition coefficient (Wildman–Crippen LogP) is 0.971. The highest BCUT2D eigenvalue weighted by molar-refractivity contribution is 5.79. The van der Waals surface area contributed by atoms with Crippen LogP contribution in [0.4, 0.5) is 0 Å². The normalized spacial score (nSPS) is 31.9. The molecule has 1 amide bonds. The summed E-state index contributed by atoms with van der Waals surface area (Å²) in [4.78, 5) is 17.0. The maximum Gasteiger partial charge on any atom is 0.225 e. The number of piperidine rings is 1. The molecule has 3 saturated heterocycles. The largest absolute Gasteiger partial charge is 0.381 e. The second kappa shape index (κ2) is 5.75. The molecule has 3 heterocycles. The molecule has 4 nitrogen and oxygen atoms in total. The quantitative estimate of drug-likeness (QED) is 0.705. The fourth-order valence-electron chi connectivity index (χ4n) is 3.82. The molecule has 0 aromatic carbocycles. The zero-order valence-corrected chi connectivity index (χ0v) is 12.1. The molecule has 0 N–H and O–H groups in total. The molecule has 3 aliphatic heterocycles. The van der Waals surface area contributed by atoms with E-state index in [9.17, 15) is 4.79 Å². The second-order valence-corrected chi connectivity index (χ2v) is 6.57. The fraction of sp³-hybridized carbons (Fsp3) is 0.812. The Morgan fingerprint density at radius 3 is 2.75 bits per heavy atom. The van der Waals surface area contributed by atoms with E-state index in [0.29, 0.717) is 12.5 Å². The fourth-order valence-corrected chi connectivity index (χ4v) is 3.82. The maximum absolute atomic E-state index is 12.6. The Kier molecular flexibility index (Phi) is 4.00. The highest BCUT2D eigenvalue weighted by Gasteiger charge is 2.43. The molecule has 20 heavy (non-hydrogen) atoms. The van der Waals surface area contributed by atoms with Crippen molar-refractivity contribution in [2.45, 2.75) is 25.7 Å². The molecule has 0 saturated carbocycles. The summed E-state index contributed by atoms with van der Waals surface area (Å²) in [7, 11) is 0. The SMILES string of the molecule is C#CCN1CCC(C(=O)N2CCC3(CCOC3)C2)CC1. The van der Waals surface area contributed by atoms with Gasteiger partial charge in [-0.15, -0.1) is 6.42 Å². The van der Waals surface area contributed by atoms with E-state index in [-0.39, 0.29) is 11.3 Å². The van der Waals surface area contributed by atoms with Crippen LogP contribution in [0.15, 0.2) is 0 Å². The molecule has 110 valence electrons. The molecule has 3 rings (SSSR count). The van der Waals surface area contributed by atoms with Gasteiger partial charge in [-0.3, -0.25) is 9.69 Å². The van der Waals surface area contributed by atoms with Gasteiger partial charge in [0.15, 0.2) is 0 Å². The minimum Gasteiger partial charge on any atom is -0.381 e. The van der Waals surface area contributed by atoms with Crippen molar-refractivity contribution >= 4 is 5.91 Å². The molecule has 0 bridgehead atoms.